The van der Waals surface area contributed by atoms with Crippen molar-refractivity contribution in [3.8, 4) is 6.07 Å². The maximum Gasteiger partial charge on any atom is 0.264 e. The first kappa shape index (κ1) is 16.2. The summed E-state index contributed by atoms with van der Waals surface area (Å²) in [4.78, 5) is 2.57. The van der Waals surface area contributed by atoms with Gasteiger partial charge in [-0.25, -0.2) is 17.2 Å². The largest absolute Gasteiger partial charge is 0.359 e. The third-order valence-electron chi connectivity index (χ3n) is 3.34. The lowest BCUT2D eigenvalue weighted by Gasteiger charge is -2.09. The van der Waals surface area contributed by atoms with Crippen LogP contribution in [0.1, 0.15) is 5.56 Å². The van der Waals surface area contributed by atoms with Crippen LogP contribution in [0.15, 0.2) is 41.4 Å². The maximum atomic E-state index is 13.9. The number of hydrogen-bond acceptors (Lipinski definition) is 3. The van der Waals surface area contributed by atoms with Crippen molar-refractivity contribution in [2.24, 2.45) is 0 Å². The van der Waals surface area contributed by atoms with Gasteiger partial charge in [0, 0.05) is 17.6 Å². The van der Waals surface area contributed by atoms with Gasteiger partial charge in [0.25, 0.3) is 10.0 Å². The minimum Gasteiger partial charge on any atom is -0.359 e. The Hall–Kier alpha value is -2.63. The van der Waals surface area contributed by atoms with E-state index in [1.54, 1.807) is 12.1 Å². The Labute approximate surface area is 140 Å². The molecule has 1 heterocycles. The van der Waals surface area contributed by atoms with Crippen molar-refractivity contribution in [1.29, 1.82) is 5.26 Å². The molecule has 0 amide bonds. The van der Waals surface area contributed by atoms with Crippen LogP contribution < -0.4 is 4.72 Å². The number of nitrogens with one attached hydrogen (secondary N) is 2. The SMILES string of the molecule is N#Cc1cc(F)c(NS(=O)(=O)c2c[nH]c3c(Cl)cccc23)cc1F. The number of H-pyrrole nitrogens is 1. The first-order chi connectivity index (χ1) is 11.3. The minimum absolute atomic E-state index is 0.163. The van der Waals surface area contributed by atoms with Gasteiger partial charge in [0.05, 0.1) is 21.8 Å². The second-order valence-corrected chi connectivity index (χ2v) is 6.90. The van der Waals surface area contributed by atoms with Crippen LogP contribution in [-0.4, -0.2) is 13.4 Å². The first-order valence-corrected chi connectivity index (χ1v) is 8.37. The van der Waals surface area contributed by atoms with Crippen molar-refractivity contribution in [2.45, 2.75) is 4.90 Å². The quantitative estimate of drug-likeness (QED) is 0.738. The standard InChI is InChI=1S/C15H8ClF2N3O2S/c16-10-3-1-2-9-14(7-20-15(9)10)24(22,23)21-13-5-11(17)8(6-19)4-12(13)18/h1-5,7,20-21H. The third-order valence-corrected chi connectivity index (χ3v) is 5.06. The number of nitrogens with zero attached hydrogens (tertiary/aromatic N) is 1. The van der Waals surface area contributed by atoms with Gasteiger partial charge in [0.1, 0.15) is 22.6 Å². The molecule has 122 valence electrons. The fourth-order valence-corrected chi connectivity index (χ4v) is 3.68. The molecule has 0 aliphatic carbocycles. The predicted octanol–water partition coefficient (Wildman–Crippen LogP) is 3.77. The summed E-state index contributed by atoms with van der Waals surface area (Å²) in [5.41, 5.74) is -0.705. The number of rotatable bonds is 3. The molecule has 0 bridgehead atoms. The van der Waals surface area contributed by atoms with Gasteiger partial charge in [-0.15, -0.1) is 0 Å². The van der Waals surface area contributed by atoms with Crippen LogP contribution in [-0.2, 0) is 10.0 Å². The van der Waals surface area contributed by atoms with E-state index in [1.807, 2.05) is 4.72 Å². The average molecular weight is 368 g/mol. The van der Waals surface area contributed by atoms with E-state index in [2.05, 4.69) is 4.98 Å². The molecule has 3 aromatic rings. The highest BCUT2D eigenvalue weighted by atomic mass is 35.5. The summed E-state index contributed by atoms with van der Waals surface area (Å²) in [5.74, 6) is -2.09. The molecule has 0 spiro atoms. The highest BCUT2D eigenvalue weighted by molar-refractivity contribution is 7.93. The summed E-state index contributed by atoms with van der Waals surface area (Å²) >= 11 is 5.97. The summed E-state index contributed by atoms with van der Waals surface area (Å²) in [5, 5.41) is 9.28. The molecule has 0 aliphatic rings. The fraction of sp³-hybridized carbons (Fsp3) is 0. The zero-order valence-electron chi connectivity index (χ0n) is 11.8. The molecule has 0 saturated heterocycles. The number of sulfonamides is 1. The number of aromatic nitrogens is 1. The Bertz CT molecular complexity index is 1100. The molecule has 2 aromatic carbocycles. The van der Waals surface area contributed by atoms with Crippen molar-refractivity contribution in [3.05, 3.63) is 58.7 Å². The van der Waals surface area contributed by atoms with Crippen molar-refractivity contribution in [3.63, 3.8) is 0 Å². The zero-order valence-corrected chi connectivity index (χ0v) is 13.3. The Kier molecular flexibility index (Phi) is 3.91. The van der Waals surface area contributed by atoms with Crippen LogP contribution in [0.25, 0.3) is 10.9 Å². The van der Waals surface area contributed by atoms with Crippen molar-refractivity contribution >= 4 is 38.2 Å². The van der Waals surface area contributed by atoms with Gasteiger partial charge < -0.3 is 4.98 Å². The highest BCUT2D eigenvalue weighted by Crippen LogP contribution is 2.30. The smallest absolute Gasteiger partial charge is 0.264 e. The van der Waals surface area contributed by atoms with Crippen molar-refractivity contribution in [2.75, 3.05) is 4.72 Å². The van der Waals surface area contributed by atoms with Crippen LogP contribution in [0.5, 0.6) is 0 Å². The number of benzene rings is 2. The Balaban J connectivity index is 2.08. The predicted molar refractivity (Wildman–Crippen MR) is 85.2 cm³/mol. The second kappa shape index (κ2) is 5.78. The number of para-hydroxylation sites is 1. The molecule has 0 unspecified atom stereocenters. The van der Waals surface area contributed by atoms with E-state index >= 15 is 0 Å². The molecule has 0 aliphatic heterocycles. The molecule has 0 fully saturated rings. The summed E-state index contributed by atoms with van der Waals surface area (Å²) in [6.45, 7) is 0. The number of nitriles is 1. The molecular formula is C15H8ClF2N3O2S. The molecule has 1 aromatic heterocycles. The lowest BCUT2D eigenvalue weighted by molar-refractivity contribution is 0.593. The number of halogens is 3. The first-order valence-electron chi connectivity index (χ1n) is 6.51. The number of anilines is 1. The molecule has 0 radical (unpaired) electrons. The summed E-state index contributed by atoms with van der Waals surface area (Å²) < 4.78 is 54.4. The average Bonchev–Trinajstić information content (AvgIpc) is 2.96. The fourth-order valence-electron chi connectivity index (χ4n) is 2.22. The normalized spacial score (nSPS) is 11.4. The monoisotopic (exact) mass is 367 g/mol. The van der Waals surface area contributed by atoms with Crippen LogP contribution in [0, 0.1) is 23.0 Å². The van der Waals surface area contributed by atoms with Gasteiger partial charge in [-0.1, -0.05) is 23.7 Å². The van der Waals surface area contributed by atoms with E-state index in [4.69, 9.17) is 16.9 Å². The Morgan fingerprint density at radius 1 is 1.21 bits per heavy atom. The molecule has 24 heavy (non-hydrogen) atoms. The van der Waals surface area contributed by atoms with Crippen molar-refractivity contribution < 1.29 is 17.2 Å². The molecule has 0 atom stereocenters. The van der Waals surface area contributed by atoms with Crippen LogP contribution >= 0.6 is 11.6 Å². The molecule has 3 rings (SSSR count). The van der Waals surface area contributed by atoms with Gasteiger partial charge in [0.2, 0.25) is 0 Å². The summed E-state index contributed by atoms with van der Waals surface area (Å²) in [6.07, 6.45) is 1.21. The number of fused-ring (bicyclic) bond motifs is 1. The van der Waals surface area contributed by atoms with E-state index in [0.717, 1.165) is 0 Å². The van der Waals surface area contributed by atoms with Gasteiger partial charge in [-0.2, -0.15) is 5.26 Å². The minimum atomic E-state index is -4.20. The van der Waals surface area contributed by atoms with E-state index < -0.39 is 32.9 Å². The van der Waals surface area contributed by atoms with Gasteiger partial charge >= 0.3 is 0 Å². The number of hydrogen-bond donors (Lipinski definition) is 2. The van der Waals surface area contributed by atoms with E-state index in [1.165, 1.54) is 18.3 Å². The maximum absolute atomic E-state index is 13.9. The zero-order chi connectivity index (χ0) is 17.5. The lowest BCUT2D eigenvalue weighted by Crippen LogP contribution is -2.14. The second-order valence-electron chi connectivity index (χ2n) is 4.84. The Morgan fingerprint density at radius 2 is 1.96 bits per heavy atom. The summed E-state index contributed by atoms with van der Waals surface area (Å²) in [7, 11) is -4.20. The van der Waals surface area contributed by atoms with Crippen molar-refractivity contribution in [1.82, 2.24) is 4.98 Å². The van der Waals surface area contributed by atoms with Gasteiger partial charge in [0.15, 0.2) is 0 Å². The van der Waals surface area contributed by atoms with E-state index in [9.17, 15) is 17.2 Å². The van der Waals surface area contributed by atoms with E-state index in [0.29, 0.717) is 28.1 Å². The van der Waals surface area contributed by atoms with Crippen LogP contribution in [0.4, 0.5) is 14.5 Å². The number of aromatic amines is 1. The molecule has 5 nitrogen and oxygen atoms in total. The topological polar surface area (TPSA) is 85.8 Å². The highest BCUT2D eigenvalue weighted by Gasteiger charge is 2.22. The molecular weight excluding hydrogens is 360 g/mol. The molecule has 0 saturated carbocycles. The molecule has 2 N–H and O–H groups in total. The third kappa shape index (κ3) is 2.68. The van der Waals surface area contributed by atoms with Gasteiger partial charge in [-0.3, -0.25) is 4.72 Å². The summed E-state index contributed by atoms with van der Waals surface area (Å²) in [6, 6.07) is 7.40. The Morgan fingerprint density at radius 3 is 2.67 bits per heavy atom. The van der Waals surface area contributed by atoms with E-state index in [-0.39, 0.29) is 4.90 Å². The molecule has 9 heteroatoms. The van der Waals surface area contributed by atoms with Gasteiger partial charge in [-0.05, 0) is 12.1 Å². The van der Waals surface area contributed by atoms with Crippen LogP contribution in [0.2, 0.25) is 5.02 Å². The lowest BCUT2D eigenvalue weighted by atomic mass is 10.2. The van der Waals surface area contributed by atoms with Crippen LogP contribution in [0.3, 0.4) is 0 Å².